The minimum absolute atomic E-state index is 0.00817. The Morgan fingerprint density at radius 3 is 2.41 bits per heavy atom. The monoisotopic (exact) mass is 412 g/mol. The fourth-order valence-electron chi connectivity index (χ4n) is 4.28. The Balaban J connectivity index is 1.38. The Bertz CT molecular complexity index is 1040. The first kappa shape index (κ1) is 20.1. The van der Waals surface area contributed by atoms with Crippen molar-refractivity contribution in [1.82, 2.24) is 4.31 Å². The number of anilines is 1. The van der Waals surface area contributed by atoms with Gasteiger partial charge in [-0.25, -0.2) is 8.42 Å². The molecule has 0 atom stereocenters. The molecule has 2 aliphatic rings. The van der Waals surface area contributed by atoms with E-state index in [0.717, 1.165) is 29.7 Å². The third-order valence-electron chi connectivity index (χ3n) is 6.31. The van der Waals surface area contributed by atoms with Crippen LogP contribution in [0.25, 0.3) is 0 Å². The van der Waals surface area contributed by atoms with E-state index in [0.29, 0.717) is 30.8 Å². The van der Waals surface area contributed by atoms with E-state index in [1.165, 1.54) is 21.9 Å². The van der Waals surface area contributed by atoms with Crippen LogP contribution in [0.1, 0.15) is 41.5 Å². The van der Waals surface area contributed by atoms with Gasteiger partial charge in [-0.15, -0.1) is 0 Å². The van der Waals surface area contributed by atoms with E-state index < -0.39 is 10.0 Å². The molecule has 1 aliphatic carbocycles. The average molecular weight is 413 g/mol. The molecule has 1 N–H and O–H groups in total. The Morgan fingerprint density at radius 1 is 0.966 bits per heavy atom. The van der Waals surface area contributed by atoms with Crippen molar-refractivity contribution in [3.05, 3.63) is 58.7 Å². The molecule has 29 heavy (non-hydrogen) atoms. The quantitative estimate of drug-likeness (QED) is 0.830. The molecule has 5 nitrogen and oxygen atoms in total. The lowest BCUT2D eigenvalue weighted by Gasteiger charge is -2.30. The van der Waals surface area contributed by atoms with Crippen LogP contribution in [-0.2, 0) is 27.7 Å². The SMILES string of the molecule is Cc1ccc(S(=O)(=O)N2CCC(C(=O)Nc3ccc4c(c3)CCC4)CC2)cc1C. The van der Waals surface area contributed by atoms with Crippen LogP contribution in [0.5, 0.6) is 0 Å². The molecule has 154 valence electrons. The molecule has 0 aromatic heterocycles. The number of rotatable bonds is 4. The van der Waals surface area contributed by atoms with Crippen LogP contribution in [-0.4, -0.2) is 31.7 Å². The highest BCUT2D eigenvalue weighted by atomic mass is 32.2. The van der Waals surface area contributed by atoms with Crippen molar-refractivity contribution >= 4 is 21.6 Å². The van der Waals surface area contributed by atoms with Crippen LogP contribution in [0.2, 0.25) is 0 Å². The number of nitrogens with zero attached hydrogens (tertiary/aromatic N) is 1. The molecule has 0 unspecified atom stereocenters. The predicted molar refractivity (Wildman–Crippen MR) is 114 cm³/mol. The van der Waals surface area contributed by atoms with Crippen molar-refractivity contribution in [1.29, 1.82) is 0 Å². The molecule has 1 heterocycles. The molecule has 0 saturated carbocycles. The first-order valence-electron chi connectivity index (χ1n) is 10.3. The lowest BCUT2D eigenvalue weighted by atomic mass is 9.97. The summed E-state index contributed by atoms with van der Waals surface area (Å²) < 4.78 is 27.4. The normalized spacial score (nSPS) is 17.9. The molecule has 1 fully saturated rings. The molecule has 0 bridgehead atoms. The first-order chi connectivity index (χ1) is 13.8. The summed E-state index contributed by atoms with van der Waals surface area (Å²) >= 11 is 0. The van der Waals surface area contributed by atoms with Crippen molar-refractivity contribution in [2.24, 2.45) is 5.92 Å². The number of benzene rings is 2. The summed E-state index contributed by atoms with van der Waals surface area (Å²) in [7, 11) is -3.51. The van der Waals surface area contributed by atoms with Gasteiger partial charge in [0.1, 0.15) is 0 Å². The van der Waals surface area contributed by atoms with Gasteiger partial charge in [0.25, 0.3) is 0 Å². The van der Waals surface area contributed by atoms with Gasteiger partial charge in [0.15, 0.2) is 0 Å². The van der Waals surface area contributed by atoms with Crippen molar-refractivity contribution < 1.29 is 13.2 Å². The molecular weight excluding hydrogens is 384 g/mol. The van der Waals surface area contributed by atoms with E-state index in [1.54, 1.807) is 12.1 Å². The predicted octanol–water partition coefficient (Wildman–Crippen LogP) is 3.83. The molecule has 0 radical (unpaired) electrons. The lowest BCUT2D eigenvalue weighted by molar-refractivity contribution is -0.120. The molecule has 4 rings (SSSR count). The molecular formula is C23H28N2O3S. The van der Waals surface area contributed by atoms with E-state index in [9.17, 15) is 13.2 Å². The number of aryl methyl sites for hydroxylation is 4. The first-order valence-corrected chi connectivity index (χ1v) is 11.8. The highest BCUT2D eigenvalue weighted by molar-refractivity contribution is 7.89. The zero-order chi connectivity index (χ0) is 20.6. The van der Waals surface area contributed by atoms with E-state index in [1.807, 2.05) is 26.0 Å². The van der Waals surface area contributed by atoms with Crippen molar-refractivity contribution in [2.75, 3.05) is 18.4 Å². The zero-order valence-electron chi connectivity index (χ0n) is 17.1. The van der Waals surface area contributed by atoms with Crippen LogP contribution in [0.3, 0.4) is 0 Å². The molecule has 1 saturated heterocycles. The van der Waals surface area contributed by atoms with Crippen molar-refractivity contribution in [3.8, 4) is 0 Å². The summed E-state index contributed by atoms with van der Waals surface area (Å²) in [5.74, 6) is -0.166. The van der Waals surface area contributed by atoms with Gasteiger partial charge in [-0.3, -0.25) is 4.79 Å². The minimum Gasteiger partial charge on any atom is -0.326 e. The molecule has 1 aliphatic heterocycles. The summed E-state index contributed by atoms with van der Waals surface area (Å²) in [5.41, 5.74) is 5.60. The van der Waals surface area contributed by atoms with Gasteiger partial charge < -0.3 is 5.32 Å². The molecule has 6 heteroatoms. The fraction of sp³-hybridized carbons (Fsp3) is 0.435. The van der Waals surface area contributed by atoms with E-state index in [2.05, 4.69) is 17.4 Å². The Labute approximate surface area is 173 Å². The second kappa shape index (κ2) is 7.92. The number of piperidine rings is 1. The number of fused-ring (bicyclic) bond motifs is 1. The number of sulfonamides is 1. The second-order valence-corrected chi connectivity index (χ2v) is 10.2. The van der Waals surface area contributed by atoms with E-state index in [-0.39, 0.29) is 11.8 Å². The zero-order valence-corrected chi connectivity index (χ0v) is 17.9. The lowest BCUT2D eigenvalue weighted by Crippen LogP contribution is -2.41. The van der Waals surface area contributed by atoms with Gasteiger partial charge in [-0.05, 0) is 92.5 Å². The van der Waals surface area contributed by atoms with E-state index in [4.69, 9.17) is 0 Å². The van der Waals surface area contributed by atoms with Crippen molar-refractivity contribution in [3.63, 3.8) is 0 Å². The summed E-state index contributed by atoms with van der Waals surface area (Å²) in [6, 6.07) is 11.4. The maximum atomic E-state index is 13.0. The Morgan fingerprint density at radius 2 is 1.69 bits per heavy atom. The highest BCUT2D eigenvalue weighted by Gasteiger charge is 2.32. The van der Waals surface area contributed by atoms with Crippen LogP contribution in [0.15, 0.2) is 41.3 Å². The summed E-state index contributed by atoms with van der Waals surface area (Å²) in [5, 5.41) is 3.03. The van der Waals surface area contributed by atoms with Crippen LogP contribution in [0.4, 0.5) is 5.69 Å². The highest BCUT2D eigenvalue weighted by Crippen LogP contribution is 2.28. The molecule has 0 spiro atoms. The number of amides is 1. The fourth-order valence-corrected chi connectivity index (χ4v) is 5.83. The van der Waals surface area contributed by atoms with Gasteiger partial charge in [0.05, 0.1) is 4.90 Å². The number of nitrogens with one attached hydrogen (secondary N) is 1. The van der Waals surface area contributed by atoms with Gasteiger partial charge in [0, 0.05) is 24.7 Å². The topological polar surface area (TPSA) is 66.5 Å². The summed E-state index contributed by atoms with van der Waals surface area (Å²) in [4.78, 5) is 13.0. The Kier molecular flexibility index (Phi) is 5.49. The largest absolute Gasteiger partial charge is 0.326 e. The molecule has 1 amide bonds. The molecule has 2 aromatic carbocycles. The number of carbonyl (C=O) groups excluding carboxylic acids is 1. The van der Waals surface area contributed by atoms with Gasteiger partial charge in [-0.1, -0.05) is 12.1 Å². The van der Waals surface area contributed by atoms with Gasteiger partial charge in [0.2, 0.25) is 15.9 Å². The second-order valence-electron chi connectivity index (χ2n) is 8.25. The van der Waals surface area contributed by atoms with Crippen LogP contribution >= 0.6 is 0 Å². The summed E-state index contributed by atoms with van der Waals surface area (Å²) in [6.45, 7) is 4.63. The minimum atomic E-state index is -3.51. The maximum absolute atomic E-state index is 13.0. The Hall–Kier alpha value is -2.18. The average Bonchev–Trinajstić information content (AvgIpc) is 3.18. The number of hydrogen-bond donors (Lipinski definition) is 1. The maximum Gasteiger partial charge on any atom is 0.243 e. The number of hydrogen-bond acceptors (Lipinski definition) is 3. The third kappa shape index (κ3) is 4.09. The van der Waals surface area contributed by atoms with Crippen molar-refractivity contribution in [2.45, 2.75) is 50.8 Å². The van der Waals surface area contributed by atoms with Crippen LogP contribution in [0, 0.1) is 19.8 Å². The smallest absolute Gasteiger partial charge is 0.243 e. The van der Waals surface area contributed by atoms with Gasteiger partial charge >= 0.3 is 0 Å². The molecule has 2 aromatic rings. The van der Waals surface area contributed by atoms with Gasteiger partial charge in [-0.2, -0.15) is 4.31 Å². The van der Waals surface area contributed by atoms with Crippen LogP contribution < -0.4 is 5.32 Å². The summed E-state index contributed by atoms with van der Waals surface area (Å²) in [6.07, 6.45) is 4.46. The standard InChI is InChI=1S/C23H28N2O3S/c1-16-6-9-22(14-17(16)2)29(27,28)25-12-10-19(11-13-25)23(26)24-21-8-7-18-4-3-5-20(18)15-21/h6-9,14-15,19H,3-5,10-13H2,1-2H3,(H,24,26). The van der Waals surface area contributed by atoms with E-state index >= 15 is 0 Å². The third-order valence-corrected chi connectivity index (χ3v) is 8.20. The number of carbonyl (C=O) groups is 1.